The molecule has 0 radical (unpaired) electrons. The molecule has 0 heterocycles. The van der Waals surface area contributed by atoms with Crippen molar-refractivity contribution in [2.24, 2.45) is 0 Å². The summed E-state index contributed by atoms with van der Waals surface area (Å²) in [5.41, 5.74) is 0.729. The molecular weight excluding hydrogens is 219 g/mol. The zero-order chi connectivity index (χ0) is 12.4. The van der Waals surface area contributed by atoms with Crippen LogP contribution in [0.5, 0.6) is 0 Å². The number of carbonyl (C=O) groups is 1. The van der Waals surface area contributed by atoms with Gasteiger partial charge in [0, 0.05) is 0 Å². The summed E-state index contributed by atoms with van der Waals surface area (Å²) in [6, 6.07) is 13.0. The van der Waals surface area contributed by atoms with Gasteiger partial charge in [0.2, 0.25) is 5.83 Å². The van der Waals surface area contributed by atoms with Crippen LogP contribution in [-0.4, -0.2) is 11.1 Å². The zero-order valence-electron chi connectivity index (χ0n) is 9.27. The maximum Gasteiger partial charge on any atom is 0.365 e. The second kappa shape index (κ2) is 4.37. The van der Waals surface area contributed by atoms with E-state index in [-0.39, 0.29) is 5.57 Å². The molecule has 0 saturated carbocycles. The Hall–Kier alpha value is -2.16. The molecule has 0 fully saturated rings. The Kier molecular flexibility index (Phi) is 2.91. The summed E-state index contributed by atoms with van der Waals surface area (Å²) in [7, 11) is 0. The lowest BCUT2D eigenvalue weighted by Crippen LogP contribution is -1.97. The Morgan fingerprint density at radius 1 is 1.12 bits per heavy atom. The molecule has 0 saturated heterocycles. The molecule has 2 rings (SSSR count). The number of benzene rings is 2. The van der Waals surface area contributed by atoms with E-state index in [1.165, 1.54) is 6.92 Å². The van der Waals surface area contributed by atoms with E-state index in [0.717, 1.165) is 10.8 Å². The Labute approximate surface area is 98.0 Å². The minimum absolute atomic E-state index is 0.142. The average Bonchev–Trinajstić information content (AvgIpc) is 2.36. The molecule has 2 nitrogen and oxygen atoms in total. The van der Waals surface area contributed by atoms with Crippen LogP contribution in [0, 0.1) is 0 Å². The first-order chi connectivity index (χ1) is 8.09. The van der Waals surface area contributed by atoms with Gasteiger partial charge in [0.15, 0.2) is 0 Å². The number of carboxylic acid groups (broad SMARTS) is 1. The molecule has 0 amide bonds. The van der Waals surface area contributed by atoms with Gasteiger partial charge in [0.05, 0.1) is 0 Å². The molecule has 17 heavy (non-hydrogen) atoms. The molecule has 0 spiro atoms. The third kappa shape index (κ3) is 2.18. The lowest BCUT2D eigenvalue weighted by Gasteiger charge is -2.04. The first-order valence-corrected chi connectivity index (χ1v) is 5.18. The fraction of sp³-hybridized carbons (Fsp3) is 0.0714. The van der Waals surface area contributed by atoms with E-state index in [0.29, 0.717) is 5.56 Å². The number of rotatable bonds is 2. The topological polar surface area (TPSA) is 37.3 Å². The van der Waals surface area contributed by atoms with Gasteiger partial charge in [-0.1, -0.05) is 36.4 Å². The van der Waals surface area contributed by atoms with Gasteiger partial charge in [-0.25, -0.2) is 4.79 Å². The Morgan fingerprint density at radius 2 is 1.76 bits per heavy atom. The SMILES string of the molecule is CC(=C(F)C(=O)O)c1ccc2ccccc2c1. The highest BCUT2D eigenvalue weighted by Gasteiger charge is 2.11. The minimum atomic E-state index is -1.53. The van der Waals surface area contributed by atoms with E-state index < -0.39 is 11.8 Å². The van der Waals surface area contributed by atoms with Crippen LogP contribution in [-0.2, 0) is 4.79 Å². The molecule has 2 aromatic rings. The van der Waals surface area contributed by atoms with Gasteiger partial charge in [-0.15, -0.1) is 0 Å². The van der Waals surface area contributed by atoms with Crippen molar-refractivity contribution in [3.8, 4) is 0 Å². The van der Waals surface area contributed by atoms with Gasteiger partial charge in [-0.2, -0.15) is 4.39 Å². The number of fused-ring (bicyclic) bond motifs is 1. The number of hydrogen-bond donors (Lipinski definition) is 1. The van der Waals surface area contributed by atoms with Crippen molar-refractivity contribution in [2.45, 2.75) is 6.92 Å². The van der Waals surface area contributed by atoms with Crippen LogP contribution in [0.4, 0.5) is 4.39 Å². The van der Waals surface area contributed by atoms with Gasteiger partial charge in [-0.05, 0) is 34.9 Å². The number of carboxylic acids is 1. The van der Waals surface area contributed by atoms with Crippen LogP contribution in [0.3, 0.4) is 0 Å². The molecule has 0 aromatic heterocycles. The standard InChI is InChI=1S/C14H11FO2/c1-9(13(15)14(16)17)11-7-6-10-4-2-3-5-12(10)8-11/h2-8H,1H3,(H,16,17). The molecule has 0 atom stereocenters. The summed E-state index contributed by atoms with van der Waals surface area (Å²) in [4.78, 5) is 10.5. The molecule has 0 aliphatic rings. The maximum atomic E-state index is 13.3. The molecular formula is C14H11FO2. The maximum absolute atomic E-state index is 13.3. The van der Waals surface area contributed by atoms with Crippen molar-refractivity contribution < 1.29 is 14.3 Å². The van der Waals surface area contributed by atoms with Crippen LogP contribution in [0.1, 0.15) is 12.5 Å². The quantitative estimate of drug-likeness (QED) is 0.800. The van der Waals surface area contributed by atoms with Crippen molar-refractivity contribution in [1.29, 1.82) is 0 Å². The largest absolute Gasteiger partial charge is 0.476 e. The molecule has 3 heteroatoms. The summed E-state index contributed by atoms with van der Waals surface area (Å²) in [5.74, 6) is -2.64. The fourth-order valence-electron chi connectivity index (χ4n) is 1.71. The predicted molar refractivity (Wildman–Crippen MR) is 65.3 cm³/mol. The van der Waals surface area contributed by atoms with Crippen LogP contribution in [0.25, 0.3) is 16.3 Å². The van der Waals surface area contributed by atoms with E-state index in [1.807, 2.05) is 30.3 Å². The van der Waals surface area contributed by atoms with Gasteiger partial charge >= 0.3 is 5.97 Å². The second-order valence-corrected chi connectivity index (χ2v) is 3.81. The lowest BCUT2D eigenvalue weighted by atomic mass is 10.0. The Morgan fingerprint density at radius 3 is 2.41 bits per heavy atom. The Balaban J connectivity index is 2.57. The summed E-state index contributed by atoms with van der Waals surface area (Å²) in [6.07, 6.45) is 0. The van der Waals surface area contributed by atoms with E-state index in [4.69, 9.17) is 5.11 Å². The number of allylic oxidation sites excluding steroid dienone is 1. The van der Waals surface area contributed by atoms with Gasteiger partial charge in [-0.3, -0.25) is 0 Å². The Bertz CT molecular complexity index is 614. The van der Waals surface area contributed by atoms with Crippen molar-refractivity contribution in [3.63, 3.8) is 0 Å². The highest BCUT2D eigenvalue weighted by molar-refractivity contribution is 5.95. The summed E-state index contributed by atoms with van der Waals surface area (Å²) < 4.78 is 13.3. The third-order valence-electron chi connectivity index (χ3n) is 2.70. The number of halogens is 1. The van der Waals surface area contributed by atoms with Crippen LogP contribution >= 0.6 is 0 Å². The smallest absolute Gasteiger partial charge is 0.365 e. The first-order valence-electron chi connectivity index (χ1n) is 5.18. The average molecular weight is 230 g/mol. The molecule has 1 N–H and O–H groups in total. The fourth-order valence-corrected chi connectivity index (χ4v) is 1.71. The monoisotopic (exact) mass is 230 g/mol. The van der Waals surface area contributed by atoms with Crippen molar-refractivity contribution in [1.82, 2.24) is 0 Å². The predicted octanol–water partition coefficient (Wildman–Crippen LogP) is 3.62. The first kappa shape index (κ1) is 11.3. The molecule has 0 bridgehead atoms. The second-order valence-electron chi connectivity index (χ2n) is 3.81. The minimum Gasteiger partial charge on any atom is -0.476 e. The van der Waals surface area contributed by atoms with Crippen molar-refractivity contribution in [3.05, 3.63) is 53.9 Å². The van der Waals surface area contributed by atoms with E-state index >= 15 is 0 Å². The van der Waals surface area contributed by atoms with E-state index in [9.17, 15) is 9.18 Å². The normalized spacial score (nSPS) is 12.4. The number of hydrogen-bond acceptors (Lipinski definition) is 1. The van der Waals surface area contributed by atoms with Crippen molar-refractivity contribution in [2.75, 3.05) is 0 Å². The van der Waals surface area contributed by atoms with Gasteiger partial charge in [0.1, 0.15) is 0 Å². The van der Waals surface area contributed by atoms with Gasteiger partial charge in [0.25, 0.3) is 0 Å². The van der Waals surface area contributed by atoms with E-state index in [2.05, 4.69) is 0 Å². The molecule has 86 valence electrons. The van der Waals surface area contributed by atoms with E-state index in [1.54, 1.807) is 12.1 Å². The molecule has 2 aromatic carbocycles. The summed E-state index contributed by atoms with van der Waals surface area (Å²) >= 11 is 0. The number of aliphatic carboxylic acids is 1. The summed E-state index contributed by atoms with van der Waals surface area (Å²) in [5, 5.41) is 10.6. The molecule has 0 unspecified atom stereocenters. The highest BCUT2D eigenvalue weighted by atomic mass is 19.1. The van der Waals surface area contributed by atoms with Gasteiger partial charge < -0.3 is 5.11 Å². The van der Waals surface area contributed by atoms with Crippen LogP contribution < -0.4 is 0 Å². The highest BCUT2D eigenvalue weighted by Crippen LogP contribution is 2.23. The molecule has 0 aliphatic heterocycles. The van der Waals surface area contributed by atoms with Crippen molar-refractivity contribution >= 4 is 22.3 Å². The summed E-state index contributed by atoms with van der Waals surface area (Å²) in [6.45, 7) is 1.47. The van der Waals surface area contributed by atoms with Crippen LogP contribution in [0.2, 0.25) is 0 Å². The third-order valence-corrected chi connectivity index (χ3v) is 2.70. The zero-order valence-corrected chi connectivity index (χ0v) is 9.27. The lowest BCUT2D eigenvalue weighted by molar-refractivity contribution is -0.134. The van der Waals surface area contributed by atoms with Crippen LogP contribution in [0.15, 0.2) is 48.3 Å². The molecule has 0 aliphatic carbocycles.